The van der Waals surface area contributed by atoms with Crippen LogP contribution in [0.25, 0.3) is 0 Å². The van der Waals surface area contributed by atoms with Gasteiger partial charge in [0, 0.05) is 37.2 Å². The first kappa shape index (κ1) is 16.9. The number of nitrogens with zero attached hydrogens (tertiary/aromatic N) is 1. The van der Waals surface area contributed by atoms with Crippen LogP contribution < -0.4 is 5.32 Å². The summed E-state index contributed by atoms with van der Waals surface area (Å²) in [6, 6.07) is 8.56. The lowest BCUT2D eigenvalue weighted by Gasteiger charge is -2.16. The van der Waals surface area contributed by atoms with Crippen molar-refractivity contribution in [2.45, 2.75) is 39.2 Å². The summed E-state index contributed by atoms with van der Waals surface area (Å²) in [6.07, 6.45) is 3.23. The van der Waals surface area contributed by atoms with Crippen molar-refractivity contribution >= 4 is 37.8 Å². The first-order valence-corrected chi connectivity index (χ1v) is 9.59. The molecule has 2 heterocycles. The molecule has 0 spiro atoms. The number of hydrogen-bond acceptors (Lipinski definition) is 2. The van der Waals surface area contributed by atoms with Crippen molar-refractivity contribution in [3.8, 4) is 0 Å². The van der Waals surface area contributed by atoms with E-state index in [0.29, 0.717) is 6.42 Å². The molecule has 0 amide bonds. The Morgan fingerprint density at radius 1 is 1.22 bits per heavy atom. The zero-order chi connectivity index (χ0) is 16.4. The van der Waals surface area contributed by atoms with Crippen molar-refractivity contribution < 1.29 is 4.79 Å². The van der Waals surface area contributed by atoms with Crippen molar-refractivity contribution in [2.75, 3.05) is 6.54 Å². The van der Waals surface area contributed by atoms with E-state index in [1.165, 1.54) is 16.7 Å². The predicted molar refractivity (Wildman–Crippen MR) is 100 cm³/mol. The van der Waals surface area contributed by atoms with Gasteiger partial charge in [0.05, 0.1) is 4.47 Å². The first-order valence-electron chi connectivity index (χ1n) is 8.01. The van der Waals surface area contributed by atoms with E-state index in [2.05, 4.69) is 68.4 Å². The molecule has 1 N–H and O–H groups in total. The number of hydrogen-bond donors (Lipinski definition) is 1. The van der Waals surface area contributed by atoms with Crippen LogP contribution in [0.4, 0.5) is 0 Å². The molecule has 0 bridgehead atoms. The van der Waals surface area contributed by atoms with Gasteiger partial charge in [-0.25, -0.2) is 0 Å². The fourth-order valence-electron chi connectivity index (χ4n) is 3.03. The summed E-state index contributed by atoms with van der Waals surface area (Å²) >= 11 is 7.18. The van der Waals surface area contributed by atoms with Gasteiger partial charge in [-0.2, -0.15) is 0 Å². The van der Waals surface area contributed by atoms with Gasteiger partial charge in [-0.3, -0.25) is 9.36 Å². The highest BCUT2D eigenvalue weighted by atomic mass is 79.9. The maximum Gasteiger partial charge on any atom is 0.232 e. The van der Waals surface area contributed by atoms with Crippen molar-refractivity contribution in [1.82, 2.24) is 9.88 Å². The molecular weight excluding hydrogens is 420 g/mol. The lowest BCUT2D eigenvalue weighted by Crippen LogP contribution is -2.26. The number of carbonyl (C=O) groups is 1. The molecule has 1 aromatic heterocycles. The van der Waals surface area contributed by atoms with Gasteiger partial charge in [0.25, 0.3) is 0 Å². The van der Waals surface area contributed by atoms with E-state index in [1.54, 1.807) is 0 Å². The summed E-state index contributed by atoms with van der Waals surface area (Å²) < 4.78 is 3.69. The number of benzene rings is 1. The van der Waals surface area contributed by atoms with E-state index >= 15 is 0 Å². The molecule has 0 fully saturated rings. The third-order valence-electron chi connectivity index (χ3n) is 4.41. The zero-order valence-electron chi connectivity index (χ0n) is 13.2. The van der Waals surface area contributed by atoms with Crippen molar-refractivity contribution in [3.05, 3.63) is 55.7 Å². The fraction of sp³-hybridized carbons (Fsp3) is 0.389. The Hall–Kier alpha value is -0.910. The average molecular weight is 440 g/mol. The number of fused-ring (bicyclic) bond motifs is 1. The topological polar surface area (TPSA) is 34.0 Å². The minimum Gasteiger partial charge on any atom is -0.312 e. The van der Waals surface area contributed by atoms with Crippen LogP contribution >= 0.6 is 31.9 Å². The van der Waals surface area contributed by atoms with Gasteiger partial charge in [-0.15, -0.1) is 0 Å². The molecule has 3 rings (SSSR count). The maximum atomic E-state index is 12.7. The van der Waals surface area contributed by atoms with E-state index in [1.807, 2.05) is 4.57 Å². The lowest BCUT2D eigenvalue weighted by atomic mass is 10.1. The molecule has 122 valence electrons. The molecule has 1 aliphatic rings. The van der Waals surface area contributed by atoms with Gasteiger partial charge in [-0.1, -0.05) is 31.2 Å². The quantitative estimate of drug-likeness (QED) is 0.761. The molecule has 0 radical (unpaired) electrons. The van der Waals surface area contributed by atoms with Crippen LogP contribution in [-0.2, 0) is 25.8 Å². The third kappa shape index (κ3) is 3.47. The number of rotatable bonds is 4. The normalized spacial score (nSPS) is 13.9. The van der Waals surface area contributed by atoms with Crippen LogP contribution in [0.3, 0.4) is 0 Å². The van der Waals surface area contributed by atoms with Crippen LogP contribution in [-0.4, -0.2) is 17.0 Å². The summed E-state index contributed by atoms with van der Waals surface area (Å²) in [5.74, 6) is 0.153. The second-order valence-electron chi connectivity index (χ2n) is 5.86. The summed E-state index contributed by atoms with van der Waals surface area (Å²) in [5, 5.41) is 3.35. The molecule has 23 heavy (non-hydrogen) atoms. The third-order valence-corrected chi connectivity index (χ3v) is 6.55. The van der Waals surface area contributed by atoms with Crippen molar-refractivity contribution in [2.24, 2.45) is 0 Å². The van der Waals surface area contributed by atoms with Crippen LogP contribution in [0.1, 0.15) is 40.5 Å². The Morgan fingerprint density at radius 3 is 2.61 bits per heavy atom. The van der Waals surface area contributed by atoms with Crippen molar-refractivity contribution in [3.63, 3.8) is 0 Å². The number of aromatic nitrogens is 1. The monoisotopic (exact) mass is 438 g/mol. The molecule has 1 aromatic carbocycles. The van der Waals surface area contributed by atoms with Crippen LogP contribution in [0, 0.1) is 0 Å². The second kappa shape index (κ2) is 7.32. The highest BCUT2D eigenvalue weighted by Crippen LogP contribution is 2.34. The molecule has 1 aliphatic heterocycles. The summed E-state index contributed by atoms with van der Waals surface area (Å²) in [5.41, 5.74) is 4.88. The largest absolute Gasteiger partial charge is 0.312 e. The second-order valence-corrected chi connectivity index (χ2v) is 7.40. The SMILES string of the molecule is CCc1ccc(CCC(=O)n2c(Br)c(Br)c3c2CCNC3)cc1. The van der Waals surface area contributed by atoms with E-state index in [0.717, 1.165) is 47.1 Å². The zero-order valence-corrected chi connectivity index (χ0v) is 16.3. The Kier molecular flexibility index (Phi) is 5.39. The van der Waals surface area contributed by atoms with E-state index in [4.69, 9.17) is 0 Å². The van der Waals surface area contributed by atoms with Gasteiger partial charge in [0.1, 0.15) is 4.60 Å². The van der Waals surface area contributed by atoms with E-state index in [-0.39, 0.29) is 5.91 Å². The molecule has 0 saturated heterocycles. The van der Waals surface area contributed by atoms with Crippen LogP contribution in [0.5, 0.6) is 0 Å². The molecule has 0 atom stereocenters. The standard InChI is InChI=1S/C18H20Br2N2O/c1-2-12-3-5-13(6-4-12)7-8-16(23)22-15-9-10-21-11-14(15)17(19)18(22)20/h3-6,21H,2,7-11H2,1H3. The Labute approximate surface area is 153 Å². The Morgan fingerprint density at radius 2 is 1.91 bits per heavy atom. The highest BCUT2D eigenvalue weighted by Gasteiger charge is 2.25. The average Bonchev–Trinajstić information content (AvgIpc) is 2.85. The fourth-order valence-corrected chi connectivity index (χ4v) is 4.23. The lowest BCUT2D eigenvalue weighted by molar-refractivity contribution is 0.0897. The smallest absolute Gasteiger partial charge is 0.232 e. The van der Waals surface area contributed by atoms with Crippen LogP contribution in [0.15, 0.2) is 33.3 Å². The minimum absolute atomic E-state index is 0.153. The van der Waals surface area contributed by atoms with Gasteiger partial charge >= 0.3 is 0 Å². The molecule has 0 unspecified atom stereocenters. The maximum absolute atomic E-state index is 12.7. The molecule has 0 aliphatic carbocycles. The molecule has 3 nitrogen and oxygen atoms in total. The number of aryl methyl sites for hydroxylation is 2. The van der Waals surface area contributed by atoms with Gasteiger partial charge in [0.2, 0.25) is 5.91 Å². The number of halogens is 2. The summed E-state index contributed by atoms with van der Waals surface area (Å²) in [7, 11) is 0. The predicted octanol–water partition coefficient (Wildman–Crippen LogP) is 4.49. The summed E-state index contributed by atoms with van der Waals surface area (Å²) in [4.78, 5) is 12.7. The molecule has 5 heteroatoms. The highest BCUT2D eigenvalue weighted by molar-refractivity contribution is 9.13. The van der Waals surface area contributed by atoms with E-state index in [9.17, 15) is 4.79 Å². The summed E-state index contributed by atoms with van der Waals surface area (Å²) in [6.45, 7) is 3.88. The van der Waals surface area contributed by atoms with Gasteiger partial charge in [0.15, 0.2) is 0 Å². The van der Waals surface area contributed by atoms with Crippen LogP contribution in [0.2, 0.25) is 0 Å². The van der Waals surface area contributed by atoms with Gasteiger partial charge in [-0.05, 0) is 55.8 Å². The Bertz CT molecular complexity index is 720. The number of carbonyl (C=O) groups excluding carboxylic acids is 1. The van der Waals surface area contributed by atoms with Crippen molar-refractivity contribution in [1.29, 1.82) is 0 Å². The first-order chi connectivity index (χ1) is 11.1. The van der Waals surface area contributed by atoms with E-state index < -0.39 is 0 Å². The Balaban J connectivity index is 1.75. The number of nitrogens with one attached hydrogen (secondary N) is 1. The molecular formula is C18H20Br2N2O. The minimum atomic E-state index is 0.153. The molecule has 2 aromatic rings. The van der Waals surface area contributed by atoms with Gasteiger partial charge < -0.3 is 5.32 Å². The molecule has 0 saturated carbocycles.